The maximum atomic E-state index is 12.6. The lowest BCUT2D eigenvalue weighted by atomic mass is 10.1. The Bertz CT molecular complexity index is 1010. The van der Waals surface area contributed by atoms with E-state index in [2.05, 4.69) is 51.7 Å². The van der Waals surface area contributed by atoms with E-state index in [4.69, 9.17) is 5.73 Å². The smallest absolute Gasteiger partial charge is 0.263 e. The largest absolute Gasteiger partial charge is 0.397 e. The third kappa shape index (κ3) is 4.21. The summed E-state index contributed by atoms with van der Waals surface area (Å²) in [6.07, 6.45) is 0.783. The summed E-state index contributed by atoms with van der Waals surface area (Å²) in [5.41, 5.74) is 10.1. The van der Waals surface area contributed by atoms with Gasteiger partial charge >= 0.3 is 0 Å². The van der Waals surface area contributed by atoms with E-state index in [1.807, 2.05) is 19.1 Å². The fourth-order valence-electron chi connectivity index (χ4n) is 3.74. The van der Waals surface area contributed by atoms with Crippen LogP contribution in [0.5, 0.6) is 0 Å². The van der Waals surface area contributed by atoms with E-state index in [9.17, 15) is 4.79 Å². The van der Waals surface area contributed by atoms with Crippen LogP contribution in [-0.2, 0) is 6.42 Å². The molecule has 1 saturated heterocycles. The van der Waals surface area contributed by atoms with E-state index in [0.29, 0.717) is 23.2 Å². The Balaban J connectivity index is 1.35. The minimum atomic E-state index is -0.130. The van der Waals surface area contributed by atoms with Crippen LogP contribution < -0.4 is 21.3 Å². The Morgan fingerprint density at radius 3 is 2.86 bits per heavy atom. The summed E-state index contributed by atoms with van der Waals surface area (Å²) in [5.74, 6) is -0.130. The molecule has 0 saturated carbocycles. The second-order valence-corrected chi connectivity index (χ2v) is 8.57. The van der Waals surface area contributed by atoms with Crippen LogP contribution in [0, 0.1) is 6.92 Å². The maximum absolute atomic E-state index is 12.6. The van der Waals surface area contributed by atoms with Gasteiger partial charge in [0, 0.05) is 49.0 Å². The van der Waals surface area contributed by atoms with Gasteiger partial charge in [-0.05, 0) is 50.1 Å². The molecule has 2 aromatic heterocycles. The van der Waals surface area contributed by atoms with Crippen molar-refractivity contribution in [1.82, 2.24) is 15.6 Å². The second-order valence-electron chi connectivity index (χ2n) is 7.57. The van der Waals surface area contributed by atoms with E-state index in [0.717, 1.165) is 42.0 Å². The predicted molar refractivity (Wildman–Crippen MR) is 121 cm³/mol. The number of rotatable bonds is 5. The van der Waals surface area contributed by atoms with Gasteiger partial charge in [-0.25, -0.2) is 4.98 Å². The molecule has 29 heavy (non-hydrogen) atoms. The van der Waals surface area contributed by atoms with Gasteiger partial charge in [-0.15, -0.1) is 11.3 Å². The molecule has 0 aliphatic carbocycles. The van der Waals surface area contributed by atoms with Gasteiger partial charge in [0.15, 0.2) is 0 Å². The number of aryl methyl sites for hydroxylation is 1. The highest BCUT2D eigenvalue weighted by Gasteiger charge is 2.18. The first-order valence-corrected chi connectivity index (χ1v) is 10.8. The molecule has 3 heterocycles. The van der Waals surface area contributed by atoms with Crippen LogP contribution in [0.2, 0.25) is 0 Å². The van der Waals surface area contributed by atoms with Crippen molar-refractivity contribution in [3.8, 4) is 0 Å². The Morgan fingerprint density at radius 2 is 2.10 bits per heavy atom. The maximum Gasteiger partial charge on any atom is 0.263 e. The average molecular weight is 410 g/mol. The predicted octanol–water partition coefficient (Wildman–Crippen LogP) is 2.96. The van der Waals surface area contributed by atoms with Gasteiger partial charge in [-0.2, -0.15) is 0 Å². The standard InChI is InChI=1S/C22H27N5OS/c1-14-3-8-18-19(23)20(29-22(18)26-14)21(28)25-10-9-16-4-6-17(7-5-16)27-12-11-24-13-15(27)2/h3-8,15,24H,9-13,23H2,1-2H3,(H,25,28)/t15-/m1/s1. The molecule has 1 fully saturated rings. The second kappa shape index (κ2) is 8.39. The average Bonchev–Trinajstić information content (AvgIpc) is 3.05. The molecule has 0 unspecified atom stereocenters. The van der Waals surface area contributed by atoms with E-state index in [1.165, 1.54) is 22.6 Å². The summed E-state index contributed by atoms with van der Waals surface area (Å²) < 4.78 is 0. The number of piperazine rings is 1. The van der Waals surface area contributed by atoms with Crippen molar-refractivity contribution < 1.29 is 4.79 Å². The molecule has 152 valence electrons. The first kappa shape index (κ1) is 19.7. The normalized spacial score (nSPS) is 16.9. The van der Waals surface area contributed by atoms with Gasteiger partial charge in [0.2, 0.25) is 0 Å². The van der Waals surface area contributed by atoms with Crippen molar-refractivity contribution >= 4 is 38.8 Å². The molecule has 3 aromatic rings. The molecule has 1 aromatic carbocycles. The SMILES string of the molecule is Cc1ccc2c(N)c(C(=O)NCCc3ccc(N4CCNC[C@H]4C)cc3)sc2n1. The van der Waals surface area contributed by atoms with Crippen LogP contribution in [0.15, 0.2) is 36.4 Å². The summed E-state index contributed by atoms with van der Waals surface area (Å²) in [7, 11) is 0. The highest BCUT2D eigenvalue weighted by Crippen LogP contribution is 2.32. The van der Waals surface area contributed by atoms with Crippen molar-refractivity contribution in [2.45, 2.75) is 26.3 Å². The van der Waals surface area contributed by atoms with E-state index >= 15 is 0 Å². The quantitative estimate of drug-likeness (QED) is 0.603. The number of aromatic nitrogens is 1. The lowest BCUT2D eigenvalue weighted by molar-refractivity contribution is 0.0959. The number of carbonyl (C=O) groups is 1. The number of nitrogens with two attached hydrogens (primary N) is 1. The van der Waals surface area contributed by atoms with Crippen molar-refractivity contribution in [3.05, 3.63) is 52.5 Å². The molecular formula is C22H27N5OS. The van der Waals surface area contributed by atoms with Crippen LogP contribution >= 0.6 is 11.3 Å². The van der Waals surface area contributed by atoms with Crippen molar-refractivity contribution in [2.75, 3.05) is 36.8 Å². The third-order valence-electron chi connectivity index (χ3n) is 5.41. The summed E-state index contributed by atoms with van der Waals surface area (Å²) in [6.45, 7) is 7.82. The first-order valence-electron chi connectivity index (χ1n) is 10.0. The number of hydrogen-bond donors (Lipinski definition) is 3. The zero-order chi connectivity index (χ0) is 20.4. The number of fused-ring (bicyclic) bond motifs is 1. The zero-order valence-corrected chi connectivity index (χ0v) is 17.7. The Hall–Kier alpha value is -2.64. The summed E-state index contributed by atoms with van der Waals surface area (Å²) in [4.78, 5) is 20.8. The number of pyridine rings is 1. The number of anilines is 2. The third-order valence-corrected chi connectivity index (χ3v) is 6.52. The number of amides is 1. The van der Waals surface area contributed by atoms with E-state index in [1.54, 1.807) is 0 Å². The molecule has 1 atom stereocenters. The van der Waals surface area contributed by atoms with Gasteiger partial charge < -0.3 is 21.3 Å². The van der Waals surface area contributed by atoms with E-state index < -0.39 is 0 Å². The van der Waals surface area contributed by atoms with Gasteiger partial charge in [0.05, 0.1) is 5.69 Å². The van der Waals surface area contributed by atoms with Crippen molar-refractivity contribution in [3.63, 3.8) is 0 Å². The van der Waals surface area contributed by atoms with Crippen molar-refractivity contribution in [1.29, 1.82) is 0 Å². The minimum absolute atomic E-state index is 0.130. The summed E-state index contributed by atoms with van der Waals surface area (Å²) in [6, 6.07) is 13.0. The zero-order valence-electron chi connectivity index (χ0n) is 16.9. The molecule has 6 nitrogen and oxygen atoms in total. The molecule has 0 radical (unpaired) electrons. The van der Waals surface area contributed by atoms with Crippen molar-refractivity contribution in [2.24, 2.45) is 0 Å². The molecular weight excluding hydrogens is 382 g/mol. The van der Waals surface area contributed by atoms with Crippen LogP contribution in [0.25, 0.3) is 10.2 Å². The van der Waals surface area contributed by atoms with Gasteiger partial charge in [-0.3, -0.25) is 4.79 Å². The van der Waals surface area contributed by atoms with Crippen LogP contribution in [0.4, 0.5) is 11.4 Å². The highest BCUT2D eigenvalue weighted by atomic mass is 32.1. The lowest BCUT2D eigenvalue weighted by Crippen LogP contribution is -2.49. The Morgan fingerprint density at radius 1 is 1.31 bits per heavy atom. The molecule has 4 rings (SSSR count). The number of nitrogens with one attached hydrogen (secondary N) is 2. The lowest BCUT2D eigenvalue weighted by Gasteiger charge is -2.36. The van der Waals surface area contributed by atoms with Gasteiger partial charge in [-0.1, -0.05) is 12.1 Å². The number of nitrogen functional groups attached to an aromatic ring is 1. The number of carbonyl (C=O) groups excluding carboxylic acids is 1. The van der Waals surface area contributed by atoms with Crippen LogP contribution in [0.1, 0.15) is 27.9 Å². The minimum Gasteiger partial charge on any atom is -0.397 e. The molecule has 1 amide bonds. The topological polar surface area (TPSA) is 83.3 Å². The fraction of sp³-hybridized carbons (Fsp3) is 0.364. The van der Waals surface area contributed by atoms with Crippen LogP contribution in [-0.4, -0.2) is 43.1 Å². The number of hydrogen-bond acceptors (Lipinski definition) is 6. The molecule has 1 aliphatic heterocycles. The summed E-state index contributed by atoms with van der Waals surface area (Å²) >= 11 is 1.35. The Kier molecular flexibility index (Phi) is 5.69. The number of thiophene rings is 1. The monoisotopic (exact) mass is 409 g/mol. The molecule has 1 aliphatic rings. The summed E-state index contributed by atoms with van der Waals surface area (Å²) in [5, 5.41) is 7.26. The van der Waals surface area contributed by atoms with E-state index in [-0.39, 0.29) is 5.91 Å². The highest BCUT2D eigenvalue weighted by molar-refractivity contribution is 7.21. The van der Waals surface area contributed by atoms with Gasteiger partial charge in [0.1, 0.15) is 9.71 Å². The number of nitrogens with zero attached hydrogens (tertiary/aromatic N) is 2. The number of benzene rings is 1. The first-order chi connectivity index (χ1) is 14.0. The van der Waals surface area contributed by atoms with Crippen LogP contribution in [0.3, 0.4) is 0 Å². The molecule has 0 spiro atoms. The van der Waals surface area contributed by atoms with Gasteiger partial charge in [0.25, 0.3) is 5.91 Å². The molecule has 7 heteroatoms. The molecule has 0 bridgehead atoms. The molecule has 4 N–H and O–H groups in total. The Labute approximate surface area is 175 Å². The fourth-order valence-corrected chi connectivity index (χ4v) is 4.79.